The Labute approximate surface area is 118 Å². The highest BCUT2D eigenvalue weighted by atomic mass is 79.9. The van der Waals surface area contributed by atoms with E-state index in [1.54, 1.807) is 0 Å². The zero-order chi connectivity index (χ0) is 13.7. The van der Waals surface area contributed by atoms with Crippen LogP contribution >= 0.6 is 15.9 Å². The van der Waals surface area contributed by atoms with Crippen molar-refractivity contribution in [2.45, 2.75) is 56.6 Å². The summed E-state index contributed by atoms with van der Waals surface area (Å²) in [6.07, 6.45) is 2.30. The average molecular weight is 315 g/mol. The number of hydrogen-bond acceptors (Lipinski definition) is 2. The first kappa shape index (κ1) is 14.3. The molecule has 0 bridgehead atoms. The fraction of sp³-hybridized carbons (Fsp3) is 0.733. The number of rotatable bonds is 0. The maximum absolute atomic E-state index is 10.2. The number of aliphatic hydroxyl groups is 2. The quantitative estimate of drug-likeness (QED) is 0.532. The molecule has 0 aromatic carbocycles. The molecule has 0 saturated heterocycles. The second kappa shape index (κ2) is 4.46. The van der Waals surface area contributed by atoms with E-state index in [9.17, 15) is 10.2 Å². The Kier molecular flexibility index (Phi) is 3.54. The maximum atomic E-state index is 10.2. The molecular weight excluding hydrogens is 292 g/mol. The van der Waals surface area contributed by atoms with Crippen molar-refractivity contribution in [3.63, 3.8) is 0 Å². The summed E-state index contributed by atoms with van der Waals surface area (Å²) in [6, 6.07) is 0. The predicted octanol–water partition coefficient (Wildman–Crippen LogP) is 3.18. The third kappa shape index (κ3) is 1.83. The lowest BCUT2D eigenvalue weighted by Gasteiger charge is -2.58. The largest absolute Gasteiger partial charge is 0.392 e. The van der Waals surface area contributed by atoms with Crippen molar-refractivity contribution in [3.8, 4) is 0 Å². The second-order valence-electron chi connectivity index (χ2n) is 6.46. The molecule has 3 heteroatoms. The van der Waals surface area contributed by atoms with Gasteiger partial charge in [-0.15, -0.1) is 0 Å². The molecule has 2 saturated carbocycles. The van der Waals surface area contributed by atoms with Crippen molar-refractivity contribution >= 4 is 15.9 Å². The van der Waals surface area contributed by atoms with Gasteiger partial charge in [-0.1, -0.05) is 48.5 Å². The van der Waals surface area contributed by atoms with Crippen LogP contribution in [0.5, 0.6) is 0 Å². The summed E-state index contributed by atoms with van der Waals surface area (Å²) < 4.78 is 0. The third-order valence-electron chi connectivity index (χ3n) is 5.28. The van der Waals surface area contributed by atoms with Crippen LogP contribution in [0.4, 0.5) is 0 Å². The van der Waals surface area contributed by atoms with Crippen LogP contribution in [-0.4, -0.2) is 27.2 Å². The van der Waals surface area contributed by atoms with E-state index in [2.05, 4.69) is 42.9 Å². The Morgan fingerprint density at radius 3 is 2.44 bits per heavy atom. The van der Waals surface area contributed by atoms with Crippen LogP contribution in [-0.2, 0) is 0 Å². The lowest BCUT2D eigenvalue weighted by atomic mass is 9.49. The number of alkyl halides is 1. The monoisotopic (exact) mass is 314 g/mol. The third-order valence-corrected chi connectivity index (χ3v) is 7.03. The lowest BCUT2D eigenvalue weighted by Crippen LogP contribution is -2.56. The predicted molar refractivity (Wildman–Crippen MR) is 77.7 cm³/mol. The zero-order valence-electron chi connectivity index (χ0n) is 11.2. The lowest BCUT2D eigenvalue weighted by molar-refractivity contribution is -0.0348. The van der Waals surface area contributed by atoms with Gasteiger partial charge in [0, 0.05) is 10.2 Å². The van der Waals surface area contributed by atoms with Gasteiger partial charge in [0.15, 0.2) is 0 Å². The second-order valence-corrected chi connectivity index (χ2v) is 7.45. The van der Waals surface area contributed by atoms with E-state index in [1.807, 2.05) is 0 Å². The minimum Gasteiger partial charge on any atom is -0.392 e. The molecule has 0 heterocycles. The summed E-state index contributed by atoms with van der Waals surface area (Å²) in [4.78, 5) is 0.0362. The van der Waals surface area contributed by atoms with Crippen LogP contribution in [0, 0.1) is 10.8 Å². The van der Waals surface area contributed by atoms with Crippen molar-refractivity contribution in [1.82, 2.24) is 0 Å². The first-order valence-electron chi connectivity index (χ1n) is 6.58. The molecule has 2 nitrogen and oxygen atoms in total. The molecule has 0 radical (unpaired) electrons. The topological polar surface area (TPSA) is 40.5 Å². The summed E-state index contributed by atoms with van der Waals surface area (Å²) in [5.74, 6) is 0. The number of aliphatic hydroxyl groups excluding tert-OH is 2. The molecule has 2 fully saturated rings. The molecule has 0 aromatic rings. The molecule has 0 unspecified atom stereocenters. The van der Waals surface area contributed by atoms with Crippen LogP contribution in [0.1, 0.15) is 39.5 Å². The Morgan fingerprint density at radius 1 is 1.28 bits per heavy atom. The highest BCUT2D eigenvalue weighted by Crippen LogP contribution is 2.61. The molecular formula is C15H23BrO2. The molecule has 2 aliphatic carbocycles. The number of hydrogen-bond donors (Lipinski definition) is 2. The fourth-order valence-corrected chi connectivity index (χ4v) is 4.40. The summed E-state index contributed by atoms with van der Waals surface area (Å²) in [5.41, 5.74) is 1.80. The van der Waals surface area contributed by atoms with E-state index in [0.29, 0.717) is 12.8 Å². The van der Waals surface area contributed by atoms with Crippen molar-refractivity contribution in [2.24, 2.45) is 10.8 Å². The zero-order valence-corrected chi connectivity index (χ0v) is 12.8. The molecule has 0 amide bonds. The van der Waals surface area contributed by atoms with Gasteiger partial charge in [0.1, 0.15) is 0 Å². The highest BCUT2D eigenvalue weighted by Gasteiger charge is 2.57. The van der Waals surface area contributed by atoms with Gasteiger partial charge >= 0.3 is 0 Å². The van der Waals surface area contributed by atoms with E-state index in [1.165, 1.54) is 0 Å². The van der Waals surface area contributed by atoms with E-state index < -0.39 is 6.10 Å². The van der Waals surface area contributed by atoms with Crippen LogP contribution in [0.15, 0.2) is 24.3 Å². The normalized spacial score (nSPS) is 44.4. The Balaban J connectivity index is 2.40. The number of halogens is 1. The van der Waals surface area contributed by atoms with Crippen LogP contribution in [0.2, 0.25) is 0 Å². The standard InChI is InChI=1S/C15H23BrO2/c1-9-5-6-15(8-12(9)18)10(2)7-11(17)13(16)14(15,3)4/h11-13,17-18H,1-2,5-8H2,3-4H3/t11-,12-,13+,15-/m0/s1. The van der Waals surface area contributed by atoms with Crippen LogP contribution in [0.25, 0.3) is 0 Å². The minimum atomic E-state index is -0.440. The summed E-state index contributed by atoms with van der Waals surface area (Å²) in [6.45, 7) is 12.5. The van der Waals surface area contributed by atoms with Crippen LogP contribution in [0.3, 0.4) is 0 Å². The molecule has 1 spiro atoms. The average Bonchev–Trinajstić information content (AvgIpc) is 2.29. The van der Waals surface area contributed by atoms with E-state index in [0.717, 1.165) is 24.0 Å². The first-order chi connectivity index (χ1) is 8.22. The van der Waals surface area contributed by atoms with Gasteiger partial charge in [-0.2, -0.15) is 0 Å². The SMILES string of the molecule is C=C1CC[C@]2(C[C@@H]1O)C(=C)C[C@H](O)[C@@H](Br)C2(C)C. The van der Waals surface area contributed by atoms with E-state index >= 15 is 0 Å². The van der Waals surface area contributed by atoms with Crippen molar-refractivity contribution < 1.29 is 10.2 Å². The molecule has 102 valence electrons. The molecule has 4 atom stereocenters. The molecule has 0 aliphatic heterocycles. The van der Waals surface area contributed by atoms with E-state index in [4.69, 9.17) is 0 Å². The molecule has 18 heavy (non-hydrogen) atoms. The van der Waals surface area contributed by atoms with Crippen molar-refractivity contribution in [3.05, 3.63) is 24.3 Å². The summed E-state index contributed by atoms with van der Waals surface area (Å²) in [5, 5.41) is 20.3. The van der Waals surface area contributed by atoms with Gasteiger partial charge in [-0.3, -0.25) is 0 Å². The van der Waals surface area contributed by atoms with Crippen molar-refractivity contribution in [2.75, 3.05) is 0 Å². The Bertz CT molecular complexity index is 388. The molecule has 2 aliphatic rings. The summed E-state index contributed by atoms with van der Waals surface area (Å²) >= 11 is 3.65. The maximum Gasteiger partial charge on any atom is 0.0756 e. The Morgan fingerprint density at radius 2 is 1.89 bits per heavy atom. The van der Waals surface area contributed by atoms with Gasteiger partial charge in [-0.25, -0.2) is 0 Å². The van der Waals surface area contributed by atoms with Gasteiger partial charge < -0.3 is 10.2 Å². The Hall–Kier alpha value is -0.120. The minimum absolute atomic E-state index is 0.0362. The van der Waals surface area contributed by atoms with Crippen molar-refractivity contribution in [1.29, 1.82) is 0 Å². The van der Waals surface area contributed by atoms with Gasteiger partial charge in [0.05, 0.1) is 12.2 Å². The fourth-order valence-electron chi connectivity index (χ4n) is 3.78. The van der Waals surface area contributed by atoms with Gasteiger partial charge in [-0.05, 0) is 36.7 Å². The van der Waals surface area contributed by atoms with Crippen LogP contribution < -0.4 is 0 Å². The highest BCUT2D eigenvalue weighted by molar-refractivity contribution is 9.09. The van der Waals surface area contributed by atoms with Gasteiger partial charge in [0.2, 0.25) is 0 Å². The van der Waals surface area contributed by atoms with E-state index in [-0.39, 0.29) is 21.8 Å². The molecule has 2 rings (SSSR count). The summed E-state index contributed by atoms with van der Waals surface area (Å²) in [7, 11) is 0. The first-order valence-corrected chi connectivity index (χ1v) is 7.50. The molecule has 0 aromatic heterocycles. The van der Waals surface area contributed by atoms with Gasteiger partial charge in [0.25, 0.3) is 0 Å². The molecule has 2 N–H and O–H groups in total. The smallest absolute Gasteiger partial charge is 0.0756 e.